The minimum absolute atomic E-state index is 0.105. The molecule has 0 radical (unpaired) electrons. The van der Waals surface area contributed by atoms with Crippen LogP contribution in [-0.2, 0) is 30.0 Å². The standard InChI is InChI=1S/C25H44BO7PSSi/c1-18(27)12-25(33-36(3,4)5)16-24-14-20(28)13-23(32-24)15-22(10-11-31-26(34)35)30-17-19-6-8-21(29-2)9-7-19/h6-9,20,22-25,28,35H,10-17,34H2,1-5H3/t20-,22-,23-,24+,25-/m0/s1. The van der Waals surface area contributed by atoms with Crippen molar-refractivity contribution >= 4 is 41.6 Å². The van der Waals surface area contributed by atoms with Crippen molar-refractivity contribution in [1.82, 2.24) is 0 Å². The predicted octanol–water partition coefficient (Wildman–Crippen LogP) is 4.66. The van der Waals surface area contributed by atoms with Gasteiger partial charge in [-0.25, -0.2) is 0 Å². The second-order valence-electron chi connectivity index (χ2n) is 10.6. The van der Waals surface area contributed by atoms with E-state index < -0.39 is 14.4 Å². The Labute approximate surface area is 226 Å². The number of hydrogen-bond acceptors (Lipinski definition) is 8. The summed E-state index contributed by atoms with van der Waals surface area (Å²) in [5, 5.41) is 10.6. The van der Waals surface area contributed by atoms with E-state index in [2.05, 4.69) is 41.2 Å². The van der Waals surface area contributed by atoms with Crippen LogP contribution in [0.1, 0.15) is 51.0 Å². The van der Waals surface area contributed by atoms with Crippen LogP contribution in [0.2, 0.25) is 19.6 Å². The number of Topliss-reactive ketones (excluding diaryl/α,β-unsaturated/α-hetero) is 1. The summed E-state index contributed by atoms with van der Waals surface area (Å²) in [7, 11) is 2.33. The van der Waals surface area contributed by atoms with Crippen LogP contribution >= 0.6 is 21.6 Å². The summed E-state index contributed by atoms with van der Waals surface area (Å²) < 4.78 is 29.8. The number of hydrogen-bond donors (Lipinski definition) is 2. The summed E-state index contributed by atoms with van der Waals surface area (Å²) >= 11 is 4.27. The van der Waals surface area contributed by atoms with E-state index >= 15 is 0 Å². The van der Waals surface area contributed by atoms with E-state index in [4.69, 9.17) is 23.3 Å². The van der Waals surface area contributed by atoms with Gasteiger partial charge >= 0.3 is 5.91 Å². The molecule has 204 valence electrons. The number of thiol groups is 1. The molecule has 1 saturated heterocycles. The molecule has 1 fully saturated rings. The fourth-order valence-corrected chi connectivity index (χ4v) is 5.92. The first-order chi connectivity index (χ1) is 16.9. The number of carbonyl (C=O) groups is 1. The minimum Gasteiger partial charge on any atom is -0.497 e. The number of benzene rings is 1. The molecule has 0 aromatic heterocycles. The fraction of sp³-hybridized carbons (Fsp3) is 0.720. The lowest BCUT2D eigenvalue weighted by Crippen LogP contribution is -2.42. The summed E-state index contributed by atoms with van der Waals surface area (Å²) in [5.41, 5.74) is 1.05. The van der Waals surface area contributed by atoms with Crippen LogP contribution in [0.5, 0.6) is 5.75 Å². The highest BCUT2D eigenvalue weighted by molar-refractivity contribution is 8.23. The van der Waals surface area contributed by atoms with Gasteiger partial charge in [-0.3, -0.25) is 4.79 Å². The largest absolute Gasteiger partial charge is 0.497 e. The molecule has 0 spiro atoms. The van der Waals surface area contributed by atoms with Crippen LogP contribution < -0.4 is 4.74 Å². The molecular weight excluding hydrogens is 514 g/mol. The van der Waals surface area contributed by atoms with E-state index in [1.807, 2.05) is 24.3 Å². The van der Waals surface area contributed by atoms with E-state index in [1.165, 1.54) is 0 Å². The maximum Gasteiger partial charge on any atom is 0.380 e. The molecule has 11 heteroatoms. The zero-order valence-electron chi connectivity index (χ0n) is 22.4. The molecule has 0 aliphatic carbocycles. The quantitative estimate of drug-likeness (QED) is 0.173. The lowest BCUT2D eigenvalue weighted by Gasteiger charge is -2.37. The van der Waals surface area contributed by atoms with E-state index in [0.29, 0.717) is 51.7 Å². The molecule has 1 heterocycles. The molecule has 1 aromatic rings. The second kappa shape index (κ2) is 15.8. The average molecular weight is 559 g/mol. The molecule has 36 heavy (non-hydrogen) atoms. The van der Waals surface area contributed by atoms with Crippen molar-refractivity contribution in [3.05, 3.63) is 29.8 Å². The third-order valence-electron chi connectivity index (χ3n) is 5.91. The van der Waals surface area contributed by atoms with E-state index in [-0.39, 0.29) is 36.1 Å². The van der Waals surface area contributed by atoms with Gasteiger partial charge in [-0.05, 0) is 76.4 Å². The number of aliphatic hydroxyl groups excluding tert-OH is 1. The minimum atomic E-state index is -1.83. The predicted molar refractivity (Wildman–Crippen MR) is 153 cm³/mol. The Morgan fingerprint density at radius 1 is 1.19 bits per heavy atom. The Kier molecular flexibility index (Phi) is 14.0. The van der Waals surface area contributed by atoms with Gasteiger partial charge in [0.05, 0.1) is 44.2 Å². The molecule has 1 aromatic carbocycles. The Bertz CT molecular complexity index is 781. The lowest BCUT2D eigenvalue weighted by molar-refractivity contribution is -0.129. The van der Waals surface area contributed by atoms with Gasteiger partial charge in [-0.15, -0.1) is 9.12 Å². The molecule has 0 bridgehead atoms. The van der Waals surface area contributed by atoms with Crippen LogP contribution in [-0.4, -0.2) is 69.4 Å². The van der Waals surface area contributed by atoms with Crippen molar-refractivity contribution < 1.29 is 33.2 Å². The van der Waals surface area contributed by atoms with Gasteiger partial charge in [0, 0.05) is 13.0 Å². The van der Waals surface area contributed by atoms with Crippen LogP contribution in [0, 0.1) is 0 Å². The van der Waals surface area contributed by atoms with E-state index in [0.717, 1.165) is 11.3 Å². The van der Waals surface area contributed by atoms with Crippen LogP contribution in [0.25, 0.3) is 0 Å². The number of methoxy groups -OCH3 is 1. The monoisotopic (exact) mass is 558 g/mol. The molecule has 1 N–H and O–H groups in total. The van der Waals surface area contributed by atoms with Gasteiger partial charge in [0.15, 0.2) is 8.32 Å². The highest BCUT2D eigenvalue weighted by Crippen LogP contribution is 2.29. The Morgan fingerprint density at radius 2 is 1.81 bits per heavy atom. The SMILES string of the molecule is COc1ccc(CO[C@@H](CCOB(P)S)C[C@@H]2C[C@H](O)C[C@H](C[C@H](CC(C)=O)O[Si](C)(C)C)O2)cc1. The number of carbonyl (C=O) groups excluding carboxylic acids is 1. The average Bonchev–Trinajstić information content (AvgIpc) is 2.75. The van der Waals surface area contributed by atoms with E-state index in [1.54, 1.807) is 14.0 Å². The smallest absolute Gasteiger partial charge is 0.380 e. The summed E-state index contributed by atoms with van der Waals surface area (Å²) in [4.78, 5) is 11.8. The number of rotatable bonds is 16. The second-order valence-corrected chi connectivity index (χ2v) is 16.7. The molecule has 6 atom stereocenters. The molecule has 1 unspecified atom stereocenters. The van der Waals surface area contributed by atoms with Gasteiger partial charge in [0.1, 0.15) is 11.5 Å². The summed E-state index contributed by atoms with van der Waals surface area (Å²) in [6.07, 6.45) is 2.37. The molecule has 7 nitrogen and oxygen atoms in total. The van der Waals surface area contributed by atoms with Crippen molar-refractivity contribution in [2.24, 2.45) is 0 Å². The molecule has 1 aliphatic heterocycles. The Morgan fingerprint density at radius 3 is 2.33 bits per heavy atom. The highest BCUT2D eigenvalue weighted by Gasteiger charge is 2.33. The van der Waals surface area contributed by atoms with E-state index in [9.17, 15) is 9.90 Å². The zero-order chi connectivity index (χ0) is 26.7. The third-order valence-corrected chi connectivity index (χ3v) is 7.30. The maximum absolute atomic E-state index is 11.8. The first-order valence-corrected chi connectivity index (χ1v) is 17.3. The first kappa shape index (κ1) is 31.8. The molecule has 0 amide bonds. The molecule has 1 aliphatic rings. The topological polar surface area (TPSA) is 83.5 Å². The lowest BCUT2D eigenvalue weighted by atomic mass is 9.93. The van der Waals surface area contributed by atoms with Crippen LogP contribution in [0.3, 0.4) is 0 Å². The normalized spacial score (nSPS) is 22.2. The van der Waals surface area contributed by atoms with Gasteiger partial charge in [-0.2, -0.15) is 12.5 Å². The van der Waals surface area contributed by atoms with Gasteiger partial charge in [0.25, 0.3) is 0 Å². The Balaban J connectivity index is 2.00. The summed E-state index contributed by atoms with van der Waals surface area (Å²) in [6.45, 7) is 8.93. The van der Waals surface area contributed by atoms with Crippen molar-refractivity contribution in [3.63, 3.8) is 0 Å². The van der Waals surface area contributed by atoms with Gasteiger partial charge in [-0.1, -0.05) is 12.1 Å². The summed E-state index contributed by atoms with van der Waals surface area (Å²) in [5.74, 6) is 0.685. The van der Waals surface area contributed by atoms with Gasteiger partial charge in [0.2, 0.25) is 0 Å². The number of aliphatic hydroxyl groups is 1. The molecule has 0 saturated carbocycles. The first-order valence-electron chi connectivity index (χ1n) is 12.7. The van der Waals surface area contributed by atoms with Crippen molar-refractivity contribution in [3.8, 4) is 5.75 Å². The molecular formula is C25H44BO7PSSi. The fourth-order valence-electron chi connectivity index (χ4n) is 4.50. The van der Waals surface area contributed by atoms with Crippen molar-refractivity contribution in [1.29, 1.82) is 0 Å². The van der Waals surface area contributed by atoms with Crippen molar-refractivity contribution in [2.45, 2.75) is 102 Å². The molecule has 2 rings (SSSR count). The maximum atomic E-state index is 11.8. The highest BCUT2D eigenvalue weighted by atomic mass is 32.1. The Hall–Kier alpha value is -0.448. The van der Waals surface area contributed by atoms with Crippen molar-refractivity contribution in [2.75, 3.05) is 13.7 Å². The zero-order valence-corrected chi connectivity index (χ0v) is 25.4. The van der Waals surface area contributed by atoms with Crippen LogP contribution in [0.15, 0.2) is 24.3 Å². The third kappa shape index (κ3) is 13.4. The number of ketones is 1. The van der Waals surface area contributed by atoms with Crippen LogP contribution in [0.4, 0.5) is 0 Å². The van der Waals surface area contributed by atoms with Gasteiger partial charge < -0.3 is 28.4 Å². The summed E-state index contributed by atoms with van der Waals surface area (Å²) in [6, 6.07) is 7.82. The number of ether oxygens (including phenoxy) is 3.